The van der Waals surface area contributed by atoms with Crippen molar-refractivity contribution in [3.8, 4) is 17.2 Å². The standard InChI is InChI=1S/C19H20N2O4/c1-19-11-15(14-8-5-9-16(24-3)17(14)25-19)20-18(22)21(19)12-6-4-7-13(10-12)23-2/h4-10,15H,11H2,1-3H3,(H,20,22)/t15-,19+/m0/s1. The van der Waals surface area contributed by atoms with Crippen molar-refractivity contribution < 1.29 is 19.0 Å². The molecule has 2 aromatic carbocycles. The van der Waals surface area contributed by atoms with Crippen LogP contribution in [0.25, 0.3) is 0 Å². The maximum absolute atomic E-state index is 12.8. The third-order valence-corrected chi connectivity index (χ3v) is 4.79. The van der Waals surface area contributed by atoms with E-state index in [1.165, 1.54) is 0 Å². The Kier molecular flexibility index (Phi) is 3.49. The van der Waals surface area contributed by atoms with Crippen molar-refractivity contribution in [1.29, 1.82) is 0 Å². The van der Waals surface area contributed by atoms with Crippen molar-refractivity contribution in [2.45, 2.75) is 25.1 Å². The number of urea groups is 1. The molecule has 4 rings (SSSR count). The summed E-state index contributed by atoms with van der Waals surface area (Å²) in [6.07, 6.45) is 0.635. The van der Waals surface area contributed by atoms with Gasteiger partial charge in [0, 0.05) is 18.1 Å². The Morgan fingerprint density at radius 1 is 1.20 bits per heavy atom. The summed E-state index contributed by atoms with van der Waals surface area (Å²) in [5, 5.41) is 3.08. The molecule has 1 saturated heterocycles. The summed E-state index contributed by atoms with van der Waals surface area (Å²) in [5.41, 5.74) is 0.840. The van der Waals surface area contributed by atoms with Gasteiger partial charge in [0.05, 0.1) is 25.9 Å². The Bertz CT molecular complexity index is 838. The summed E-state index contributed by atoms with van der Waals surface area (Å²) in [7, 11) is 3.22. The Hall–Kier alpha value is -2.89. The lowest BCUT2D eigenvalue weighted by atomic mass is 9.90. The molecular weight excluding hydrogens is 320 g/mol. The van der Waals surface area contributed by atoms with Gasteiger partial charge in [-0.25, -0.2) is 4.79 Å². The van der Waals surface area contributed by atoms with Gasteiger partial charge in [-0.3, -0.25) is 4.90 Å². The lowest BCUT2D eigenvalue weighted by Crippen LogP contribution is -2.65. The van der Waals surface area contributed by atoms with Gasteiger partial charge in [-0.15, -0.1) is 0 Å². The molecule has 0 aromatic heterocycles. The van der Waals surface area contributed by atoms with E-state index in [-0.39, 0.29) is 12.1 Å². The molecule has 25 heavy (non-hydrogen) atoms. The molecule has 2 aliphatic heterocycles. The summed E-state index contributed by atoms with van der Waals surface area (Å²) in [6, 6.07) is 12.8. The van der Waals surface area contributed by atoms with Gasteiger partial charge in [0.15, 0.2) is 17.2 Å². The highest BCUT2D eigenvalue weighted by Crippen LogP contribution is 2.49. The van der Waals surface area contributed by atoms with Gasteiger partial charge in [-0.2, -0.15) is 0 Å². The normalized spacial score (nSPS) is 24.0. The first kappa shape index (κ1) is 15.6. The SMILES string of the molecule is COc1cccc(N2C(=O)N[C@H]3C[C@@]2(C)Oc2c(OC)cccc23)c1. The molecule has 0 radical (unpaired) electrons. The number of methoxy groups -OCH3 is 2. The fourth-order valence-corrected chi connectivity index (χ4v) is 3.66. The van der Waals surface area contributed by atoms with Crippen molar-refractivity contribution >= 4 is 11.7 Å². The lowest BCUT2D eigenvalue weighted by Gasteiger charge is -2.50. The van der Waals surface area contributed by atoms with Gasteiger partial charge in [-0.1, -0.05) is 18.2 Å². The summed E-state index contributed by atoms with van der Waals surface area (Å²) < 4.78 is 17.1. The van der Waals surface area contributed by atoms with E-state index in [0.29, 0.717) is 23.7 Å². The Morgan fingerprint density at radius 2 is 2.00 bits per heavy atom. The van der Waals surface area contributed by atoms with Crippen LogP contribution in [0.15, 0.2) is 42.5 Å². The van der Waals surface area contributed by atoms with Crippen LogP contribution in [0.1, 0.15) is 24.9 Å². The van der Waals surface area contributed by atoms with Crippen LogP contribution in [0.4, 0.5) is 10.5 Å². The predicted octanol–water partition coefficient (Wildman–Crippen LogP) is 3.47. The molecule has 2 heterocycles. The first-order chi connectivity index (χ1) is 12.1. The second-order valence-electron chi connectivity index (χ2n) is 6.40. The molecule has 2 amide bonds. The topological polar surface area (TPSA) is 60.0 Å². The zero-order valence-corrected chi connectivity index (χ0v) is 14.4. The number of hydrogen-bond acceptors (Lipinski definition) is 4. The van der Waals surface area contributed by atoms with E-state index >= 15 is 0 Å². The molecule has 130 valence electrons. The minimum atomic E-state index is -0.818. The van der Waals surface area contributed by atoms with Crippen LogP contribution in [0.3, 0.4) is 0 Å². The molecule has 0 unspecified atom stereocenters. The average molecular weight is 340 g/mol. The minimum absolute atomic E-state index is 0.113. The number of hydrogen-bond donors (Lipinski definition) is 1. The smallest absolute Gasteiger partial charge is 0.325 e. The first-order valence-corrected chi connectivity index (χ1v) is 8.16. The van der Waals surface area contributed by atoms with Crippen molar-refractivity contribution in [2.75, 3.05) is 19.1 Å². The van der Waals surface area contributed by atoms with E-state index in [1.807, 2.05) is 49.4 Å². The molecule has 1 N–H and O–H groups in total. The number of carbonyl (C=O) groups excluding carboxylic acids is 1. The van der Waals surface area contributed by atoms with Crippen LogP contribution in [0, 0.1) is 0 Å². The molecule has 2 bridgehead atoms. The second-order valence-corrected chi connectivity index (χ2v) is 6.40. The number of anilines is 1. The van der Waals surface area contributed by atoms with Gasteiger partial charge in [-0.05, 0) is 25.1 Å². The average Bonchev–Trinajstić information content (AvgIpc) is 2.60. The van der Waals surface area contributed by atoms with Crippen molar-refractivity contribution in [1.82, 2.24) is 5.32 Å². The summed E-state index contributed by atoms with van der Waals surface area (Å²) in [4.78, 5) is 14.5. The summed E-state index contributed by atoms with van der Waals surface area (Å²) in [5.74, 6) is 2.02. The number of para-hydroxylation sites is 1. The number of fused-ring (bicyclic) bond motifs is 4. The molecule has 0 saturated carbocycles. The number of nitrogens with zero attached hydrogens (tertiary/aromatic N) is 1. The van der Waals surface area contributed by atoms with Crippen LogP contribution < -0.4 is 24.4 Å². The Morgan fingerprint density at radius 3 is 2.76 bits per heavy atom. The maximum Gasteiger partial charge on any atom is 0.325 e. The highest BCUT2D eigenvalue weighted by molar-refractivity contribution is 5.95. The van der Waals surface area contributed by atoms with Gasteiger partial charge in [0.2, 0.25) is 0 Å². The van der Waals surface area contributed by atoms with Gasteiger partial charge in [0.25, 0.3) is 0 Å². The third-order valence-electron chi connectivity index (χ3n) is 4.79. The van der Waals surface area contributed by atoms with E-state index < -0.39 is 5.72 Å². The molecule has 6 nitrogen and oxygen atoms in total. The number of rotatable bonds is 3. The van der Waals surface area contributed by atoms with Crippen molar-refractivity contribution in [2.24, 2.45) is 0 Å². The van der Waals surface area contributed by atoms with E-state index in [1.54, 1.807) is 19.1 Å². The summed E-state index contributed by atoms with van der Waals surface area (Å²) in [6.45, 7) is 1.92. The quantitative estimate of drug-likeness (QED) is 0.929. The van der Waals surface area contributed by atoms with Crippen LogP contribution in [-0.2, 0) is 0 Å². The highest BCUT2D eigenvalue weighted by Gasteiger charge is 2.50. The monoisotopic (exact) mass is 340 g/mol. The van der Waals surface area contributed by atoms with Crippen molar-refractivity contribution in [3.05, 3.63) is 48.0 Å². The van der Waals surface area contributed by atoms with Crippen molar-refractivity contribution in [3.63, 3.8) is 0 Å². The van der Waals surface area contributed by atoms with Gasteiger partial charge < -0.3 is 19.5 Å². The van der Waals surface area contributed by atoms with Gasteiger partial charge >= 0.3 is 6.03 Å². The molecular formula is C19H20N2O4. The molecule has 2 aliphatic rings. The third kappa shape index (κ3) is 2.36. The first-order valence-electron chi connectivity index (χ1n) is 8.16. The molecule has 0 spiro atoms. The molecule has 0 aliphatic carbocycles. The largest absolute Gasteiger partial charge is 0.497 e. The fraction of sp³-hybridized carbons (Fsp3) is 0.316. The number of ether oxygens (including phenoxy) is 3. The van der Waals surface area contributed by atoms with E-state index in [4.69, 9.17) is 14.2 Å². The lowest BCUT2D eigenvalue weighted by molar-refractivity contribution is 0.0349. The molecule has 6 heteroatoms. The van der Waals surface area contributed by atoms with Crippen LogP contribution in [0.2, 0.25) is 0 Å². The molecule has 2 aromatic rings. The van der Waals surface area contributed by atoms with E-state index in [9.17, 15) is 4.79 Å². The number of nitrogens with one attached hydrogen (secondary N) is 1. The number of benzene rings is 2. The van der Waals surface area contributed by atoms with E-state index in [2.05, 4.69) is 5.32 Å². The second kappa shape index (κ2) is 5.58. The van der Waals surface area contributed by atoms with E-state index in [0.717, 1.165) is 11.3 Å². The number of amides is 2. The van der Waals surface area contributed by atoms with Crippen LogP contribution in [-0.4, -0.2) is 26.0 Å². The molecule has 2 atom stereocenters. The number of carbonyl (C=O) groups is 1. The maximum atomic E-state index is 12.8. The van der Waals surface area contributed by atoms with Gasteiger partial charge in [0.1, 0.15) is 5.75 Å². The minimum Gasteiger partial charge on any atom is -0.497 e. The predicted molar refractivity (Wildman–Crippen MR) is 93.4 cm³/mol. The molecule has 1 fully saturated rings. The zero-order chi connectivity index (χ0) is 17.6. The zero-order valence-electron chi connectivity index (χ0n) is 14.4. The summed E-state index contributed by atoms with van der Waals surface area (Å²) >= 11 is 0. The van der Waals surface area contributed by atoms with Crippen LogP contribution in [0.5, 0.6) is 17.2 Å². The Balaban J connectivity index is 1.81. The Labute approximate surface area is 146 Å². The van der Waals surface area contributed by atoms with Crippen LogP contribution >= 0.6 is 0 Å². The highest BCUT2D eigenvalue weighted by atomic mass is 16.5. The fourth-order valence-electron chi connectivity index (χ4n) is 3.66.